The number of likely N-dealkylation sites (tertiary alicyclic amines) is 1. The summed E-state index contributed by atoms with van der Waals surface area (Å²) in [5.41, 5.74) is 3.56. The Balaban J connectivity index is 0.00000156. The summed E-state index contributed by atoms with van der Waals surface area (Å²) in [7, 11) is 0. The molecule has 0 unspecified atom stereocenters. The molecule has 0 radical (unpaired) electrons. The molecule has 4 heteroatoms. The van der Waals surface area contributed by atoms with E-state index in [1.54, 1.807) is 6.07 Å². The molecule has 0 saturated carbocycles. The van der Waals surface area contributed by atoms with Gasteiger partial charge in [-0.25, -0.2) is 0 Å². The molecule has 1 heterocycles. The zero-order chi connectivity index (χ0) is 15.1. The van der Waals surface area contributed by atoms with Crippen molar-refractivity contribution in [2.24, 2.45) is 0 Å². The summed E-state index contributed by atoms with van der Waals surface area (Å²) in [6.45, 7) is 2.10. The van der Waals surface area contributed by atoms with Crippen LogP contribution >= 0.6 is 17.0 Å². The number of rotatable bonds is 2. The van der Waals surface area contributed by atoms with Gasteiger partial charge in [0.25, 0.3) is 0 Å². The van der Waals surface area contributed by atoms with Crippen molar-refractivity contribution in [3.8, 4) is 11.5 Å². The molecule has 23 heavy (non-hydrogen) atoms. The second kappa shape index (κ2) is 6.54. The molecular weight excluding hydrogens is 354 g/mol. The van der Waals surface area contributed by atoms with Gasteiger partial charge in [-0.1, -0.05) is 36.4 Å². The molecule has 3 nitrogen and oxygen atoms in total. The minimum absolute atomic E-state index is 0. The highest BCUT2D eigenvalue weighted by Crippen LogP contribution is 2.46. The number of aromatic hydroxyl groups is 2. The molecule has 2 atom stereocenters. The Morgan fingerprint density at radius 1 is 1.00 bits per heavy atom. The molecule has 2 aliphatic rings. The second-order valence-electron chi connectivity index (χ2n) is 6.46. The maximum Gasteiger partial charge on any atom is 0.160 e. The van der Waals surface area contributed by atoms with E-state index in [9.17, 15) is 10.2 Å². The molecule has 2 aromatic carbocycles. The first-order valence-corrected chi connectivity index (χ1v) is 8.05. The molecule has 0 bridgehead atoms. The van der Waals surface area contributed by atoms with E-state index < -0.39 is 0 Å². The van der Waals surface area contributed by atoms with Crippen molar-refractivity contribution in [2.75, 3.05) is 6.54 Å². The molecule has 2 aromatic rings. The average molecular weight is 376 g/mol. The van der Waals surface area contributed by atoms with E-state index >= 15 is 0 Å². The molecule has 4 rings (SSSR count). The summed E-state index contributed by atoms with van der Waals surface area (Å²) in [5.74, 6) is 0.591. The Kier molecular flexibility index (Phi) is 4.64. The van der Waals surface area contributed by atoms with Crippen molar-refractivity contribution in [1.82, 2.24) is 4.90 Å². The largest absolute Gasteiger partial charge is 0.504 e. The first-order chi connectivity index (χ1) is 10.7. The highest BCUT2D eigenvalue weighted by molar-refractivity contribution is 8.93. The maximum atomic E-state index is 10.1. The first-order valence-electron chi connectivity index (χ1n) is 8.05. The summed E-state index contributed by atoms with van der Waals surface area (Å²) in [6, 6.07) is 14.8. The molecule has 0 amide bonds. The van der Waals surface area contributed by atoms with E-state index in [1.807, 2.05) is 6.07 Å². The van der Waals surface area contributed by atoms with Crippen LogP contribution in [0.5, 0.6) is 11.5 Å². The Bertz CT molecular complexity index is 689. The summed E-state index contributed by atoms with van der Waals surface area (Å²) in [6.07, 6.45) is 3.04. The third-order valence-electron chi connectivity index (χ3n) is 5.28. The van der Waals surface area contributed by atoms with Crippen LogP contribution in [0, 0.1) is 0 Å². The summed E-state index contributed by atoms with van der Waals surface area (Å²) in [5, 5.41) is 19.8. The molecule has 1 saturated heterocycles. The van der Waals surface area contributed by atoms with Crippen LogP contribution in [0.1, 0.15) is 35.4 Å². The number of phenols is 2. The third kappa shape index (κ3) is 2.86. The topological polar surface area (TPSA) is 43.7 Å². The van der Waals surface area contributed by atoms with Crippen molar-refractivity contribution in [1.29, 1.82) is 0 Å². The Morgan fingerprint density at radius 2 is 1.78 bits per heavy atom. The van der Waals surface area contributed by atoms with Gasteiger partial charge in [0.05, 0.1) is 0 Å². The van der Waals surface area contributed by atoms with E-state index in [4.69, 9.17) is 0 Å². The van der Waals surface area contributed by atoms with Crippen molar-refractivity contribution >= 4 is 17.0 Å². The van der Waals surface area contributed by atoms with Gasteiger partial charge in [-0.15, -0.1) is 17.0 Å². The fourth-order valence-electron chi connectivity index (χ4n) is 4.22. The second-order valence-corrected chi connectivity index (χ2v) is 6.46. The zero-order valence-corrected chi connectivity index (χ0v) is 14.7. The lowest BCUT2D eigenvalue weighted by molar-refractivity contribution is 0.218. The van der Waals surface area contributed by atoms with Gasteiger partial charge in [-0.3, -0.25) is 4.90 Å². The molecule has 1 aliphatic heterocycles. The predicted molar refractivity (Wildman–Crippen MR) is 96.4 cm³/mol. The van der Waals surface area contributed by atoms with E-state index in [-0.39, 0.29) is 28.5 Å². The Morgan fingerprint density at radius 3 is 2.57 bits per heavy atom. The predicted octanol–water partition coefficient (Wildman–Crippen LogP) is 3.98. The van der Waals surface area contributed by atoms with E-state index in [1.165, 1.54) is 11.1 Å². The van der Waals surface area contributed by atoms with E-state index in [2.05, 4.69) is 35.2 Å². The molecule has 1 aliphatic carbocycles. The molecular formula is C19H22BrNO2. The molecule has 2 N–H and O–H groups in total. The normalized spacial score (nSPS) is 23.0. The van der Waals surface area contributed by atoms with Gasteiger partial charge >= 0.3 is 0 Å². The Labute approximate surface area is 147 Å². The summed E-state index contributed by atoms with van der Waals surface area (Å²) in [4.78, 5) is 2.58. The van der Waals surface area contributed by atoms with Gasteiger partial charge < -0.3 is 10.2 Å². The number of halogens is 1. The van der Waals surface area contributed by atoms with Gasteiger partial charge in [-0.2, -0.15) is 0 Å². The van der Waals surface area contributed by atoms with Gasteiger partial charge in [0.1, 0.15) is 0 Å². The van der Waals surface area contributed by atoms with Crippen LogP contribution in [0.4, 0.5) is 0 Å². The number of hydrogen-bond donors (Lipinski definition) is 2. The smallest absolute Gasteiger partial charge is 0.160 e. The van der Waals surface area contributed by atoms with Gasteiger partial charge in [0.2, 0.25) is 0 Å². The van der Waals surface area contributed by atoms with Crippen LogP contribution in [0.25, 0.3) is 0 Å². The third-order valence-corrected chi connectivity index (χ3v) is 5.28. The summed E-state index contributed by atoms with van der Waals surface area (Å²) < 4.78 is 0. The van der Waals surface area contributed by atoms with Crippen LogP contribution < -0.4 is 0 Å². The van der Waals surface area contributed by atoms with Crippen LogP contribution in [0.3, 0.4) is 0 Å². The lowest BCUT2D eigenvalue weighted by Gasteiger charge is -2.33. The number of benzene rings is 2. The number of hydrogen-bond acceptors (Lipinski definition) is 3. The number of fused-ring (bicyclic) bond motifs is 3. The summed E-state index contributed by atoms with van der Waals surface area (Å²) >= 11 is 0. The van der Waals surface area contributed by atoms with Crippen molar-refractivity contribution in [2.45, 2.75) is 37.8 Å². The Hall–Kier alpha value is -1.52. The lowest BCUT2D eigenvalue weighted by atomic mass is 9.79. The van der Waals surface area contributed by atoms with Crippen molar-refractivity contribution in [3.63, 3.8) is 0 Å². The van der Waals surface area contributed by atoms with Crippen LogP contribution in [0.15, 0.2) is 42.5 Å². The molecule has 0 aromatic heterocycles. The molecule has 122 valence electrons. The highest BCUT2D eigenvalue weighted by atomic mass is 79.9. The van der Waals surface area contributed by atoms with Crippen LogP contribution in [-0.2, 0) is 13.0 Å². The van der Waals surface area contributed by atoms with Crippen molar-refractivity contribution < 1.29 is 10.2 Å². The van der Waals surface area contributed by atoms with Crippen LogP contribution in [0.2, 0.25) is 0 Å². The molecule has 0 spiro atoms. The van der Waals surface area contributed by atoms with Gasteiger partial charge in [-0.05, 0) is 43.0 Å². The van der Waals surface area contributed by atoms with E-state index in [0.717, 1.165) is 37.9 Å². The number of phenolic OH excluding ortho intramolecular Hbond substituents is 2. The monoisotopic (exact) mass is 375 g/mol. The van der Waals surface area contributed by atoms with E-state index in [0.29, 0.717) is 12.0 Å². The fraction of sp³-hybridized carbons (Fsp3) is 0.368. The van der Waals surface area contributed by atoms with Crippen molar-refractivity contribution in [3.05, 3.63) is 59.2 Å². The molecule has 1 fully saturated rings. The fourth-order valence-corrected chi connectivity index (χ4v) is 4.22. The highest BCUT2D eigenvalue weighted by Gasteiger charge is 2.39. The SMILES string of the molecule is Br.Oc1ccc2c(c1O)CC[C@H]1[C@H]2CCN1Cc1ccccc1. The minimum atomic E-state index is 0. The lowest BCUT2D eigenvalue weighted by Crippen LogP contribution is -2.34. The van der Waals surface area contributed by atoms with Gasteiger partial charge in [0, 0.05) is 24.1 Å². The minimum Gasteiger partial charge on any atom is -0.504 e. The number of nitrogens with zero attached hydrogens (tertiary/aromatic N) is 1. The standard InChI is InChI=1S/C19H21NO2.BrH/c21-18-9-7-14-15-10-11-20(12-13-4-2-1-3-5-13)17(15)8-6-16(14)19(18)22;/h1-5,7,9,15,17,21-22H,6,8,10-12H2;1H/t15-,17-;/m0./s1. The average Bonchev–Trinajstić information content (AvgIpc) is 2.95. The first kappa shape index (κ1) is 16.3. The zero-order valence-electron chi connectivity index (χ0n) is 13.0. The van der Waals surface area contributed by atoms with Crippen LogP contribution in [-0.4, -0.2) is 27.7 Å². The maximum absolute atomic E-state index is 10.1. The van der Waals surface area contributed by atoms with Gasteiger partial charge in [0.15, 0.2) is 11.5 Å². The quantitative estimate of drug-likeness (QED) is 0.780.